The zero-order valence-corrected chi connectivity index (χ0v) is 10.4. The number of amides is 1. The topological polar surface area (TPSA) is 32.3 Å². The minimum Gasteiger partial charge on any atom is -0.356 e. The van der Waals surface area contributed by atoms with Crippen LogP contribution in [0.1, 0.15) is 40.0 Å². The molecule has 86 valence electrons. The lowest BCUT2D eigenvalue weighted by Gasteiger charge is -2.08. The Morgan fingerprint density at radius 3 is 2.29 bits per heavy atom. The molecule has 0 aliphatic carbocycles. The van der Waals surface area contributed by atoms with Gasteiger partial charge in [0.1, 0.15) is 0 Å². The van der Waals surface area contributed by atoms with Crippen molar-refractivity contribution in [3.63, 3.8) is 0 Å². The summed E-state index contributed by atoms with van der Waals surface area (Å²) >= 11 is 0. The van der Waals surface area contributed by atoms with Crippen LogP contribution in [-0.4, -0.2) is 38.0 Å². The lowest BCUT2D eigenvalue weighted by Crippen LogP contribution is -2.27. The van der Waals surface area contributed by atoms with E-state index in [1.54, 1.807) is 0 Å². The van der Waals surface area contributed by atoms with Crippen LogP contribution in [0.15, 0.2) is 0 Å². The number of carbonyl (C=O) groups is 1. The second-order valence-electron chi connectivity index (χ2n) is 3.26. The van der Waals surface area contributed by atoms with Crippen LogP contribution in [-0.2, 0) is 4.79 Å². The summed E-state index contributed by atoms with van der Waals surface area (Å²) in [6.45, 7) is 7.77. The van der Waals surface area contributed by atoms with Gasteiger partial charge in [-0.05, 0) is 20.5 Å². The molecular weight excluding hydrogens is 176 g/mol. The highest BCUT2D eigenvalue weighted by Gasteiger charge is 1.99. The van der Waals surface area contributed by atoms with E-state index >= 15 is 0 Å². The van der Waals surface area contributed by atoms with Crippen molar-refractivity contribution in [2.75, 3.05) is 27.2 Å². The summed E-state index contributed by atoms with van der Waals surface area (Å²) < 4.78 is 0. The Morgan fingerprint density at radius 1 is 1.29 bits per heavy atom. The van der Waals surface area contributed by atoms with Crippen molar-refractivity contribution >= 4 is 5.91 Å². The molecule has 1 N–H and O–H groups in total. The molecule has 0 bridgehead atoms. The van der Waals surface area contributed by atoms with Gasteiger partial charge in [0.15, 0.2) is 0 Å². The number of nitrogens with zero attached hydrogens (tertiary/aromatic N) is 1. The first-order chi connectivity index (χ1) is 6.66. The van der Waals surface area contributed by atoms with Crippen LogP contribution in [0.3, 0.4) is 0 Å². The van der Waals surface area contributed by atoms with Crippen LogP contribution in [0, 0.1) is 0 Å². The standard InChI is InChI=1S/C9H20N2O.C2H6/c1-4-5-7-10-9(12)6-8-11(2)3;1-2/h4-8H2,1-3H3,(H,10,12);1-2H3. The van der Waals surface area contributed by atoms with Gasteiger partial charge in [0.25, 0.3) is 0 Å². The second-order valence-corrected chi connectivity index (χ2v) is 3.26. The van der Waals surface area contributed by atoms with Gasteiger partial charge in [0.05, 0.1) is 0 Å². The largest absolute Gasteiger partial charge is 0.356 e. The third kappa shape index (κ3) is 14.0. The smallest absolute Gasteiger partial charge is 0.221 e. The molecule has 0 radical (unpaired) electrons. The predicted octanol–water partition coefficient (Wildman–Crippen LogP) is 1.88. The van der Waals surface area contributed by atoms with E-state index in [0.717, 1.165) is 25.9 Å². The molecule has 0 rings (SSSR count). The van der Waals surface area contributed by atoms with Gasteiger partial charge in [-0.25, -0.2) is 0 Å². The van der Waals surface area contributed by atoms with Gasteiger partial charge in [0, 0.05) is 19.5 Å². The summed E-state index contributed by atoms with van der Waals surface area (Å²) in [6, 6.07) is 0. The van der Waals surface area contributed by atoms with E-state index in [4.69, 9.17) is 0 Å². The normalized spacial score (nSPS) is 9.29. The minimum absolute atomic E-state index is 0.164. The molecular formula is C11H26N2O. The number of rotatable bonds is 6. The molecule has 3 nitrogen and oxygen atoms in total. The third-order valence-electron chi connectivity index (χ3n) is 1.64. The number of nitrogens with one attached hydrogen (secondary N) is 1. The van der Waals surface area contributed by atoms with Gasteiger partial charge in [-0.2, -0.15) is 0 Å². The lowest BCUT2D eigenvalue weighted by atomic mass is 10.3. The summed E-state index contributed by atoms with van der Waals surface area (Å²) in [5.41, 5.74) is 0. The van der Waals surface area contributed by atoms with Crippen molar-refractivity contribution < 1.29 is 4.79 Å². The van der Waals surface area contributed by atoms with Crippen LogP contribution in [0.25, 0.3) is 0 Å². The average molecular weight is 202 g/mol. The molecule has 0 aromatic rings. The fraction of sp³-hybridized carbons (Fsp3) is 0.909. The number of hydrogen-bond acceptors (Lipinski definition) is 2. The first-order valence-corrected chi connectivity index (χ1v) is 5.58. The van der Waals surface area contributed by atoms with Gasteiger partial charge < -0.3 is 10.2 Å². The predicted molar refractivity (Wildman–Crippen MR) is 62.4 cm³/mol. The second kappa shape index (κ2) is 12.4. The Balaban J connectivity index is 0. The molecule has 0 aliphatic heterocycles. The highest BCUT2D eigenvalue weighted by atomic mass is 16.1. The van der Waals surface area contributed by atoms with E-state index < -0.39 is 0 Å². The molecule has 0 aromatic heterocycles. The van der Waals surface area contributed by atoms with E-state index in [9.17, 15) is 4.79 Å². The quantitative estimate of drug-likeness (QED) is 0.667. The molecule has 0 saturated carbocycles. The SMILES string of the molecule is CC.CCCCNC(=O)CCN(C)C. The molecule has 0 spiro atoms. The Bertz CT molecular complexity index is 124. The molecule has 0 heterocycles. The number of carbonyl (C=O) groups excluding carboxylic acids is 1. The Kier molecular flexibility index (Phi) is 14.1. The van der Waals surface area contributed by atoms with Crippen LogP contribution in [0.4, 0.5) is 0 Å². The van der Waals surface area contributed by atoms with Crippen molar-refractivity contribution in [1.29, 1.82) is 0 Å². The van der Waals surface area contributed by atoms with Gasteiger partial charge in [0.2, 0.25) is 5.91 Å². The van der Waals surface area contributed by atoms with E-state index in [2.05, 4.69) is 12.2 Å². The highest BCUT2D eigenvalue weighted by Crippen LogP contribution is 1.86. The summed E-state index contributed by atoms with van der Waals surface area (Å²) in [5.74, 6) is 0.164. The van der Waals surface area contributed by atoms with E-state index in [1.165, 1.54) is 0 Å². The van der Waals surface area contributed by atoms with Gasteiger partial charge in [-0.3, -0.25) is 4.79 Å². The molecule has 0 aliphatic rings. The number of unbranched alkanes of at least 4 members (excludes halogenated alkanes) is 1. The fourth-order valence-electron chi connectivity index (χ4n) is 0.818. The third-order valence-corrected chi connectivity index (χ3v) is 1.64. The van der Waals surface area contributed by atoms with Crippen LogP contribution >= 0.6 is 0 Å². The maximum absolute atomic E-state index is 11.1. The lowest BCUT2D eigenvalue weighted by molar-refractivity contribution is -0.121. The zero-order chi connectivity index (χ0) is 11.4. The van der Waals surface area contributed by atoms with E-state index in [-0.39, 0.29) is 5.91 Å². The van der Waals surface area contributed by atoms with Crippen molar-refractivity contribution in [2.24, 2.45) is 0 Å². The summed E-state index contributed by atoms with van der Waals surface area (Å²) in [6.07, 6.45) is 2.82. The minimum atomic E-state index is 0.164. The molecule has 0 unspecified atom stereocenters. The van der Waals surface area contributed by atoms with Crippen molar-refractivity contribution in [1.82, 2.24) is 10.2 Å². The number of hydrogen-bond donors (Lipinski definition) is 1. The van der Waals surface area contributed by atoms with Crippen molar-refractivity contribution in [2.45, 2.75) is 40.0 Å². The van der Waals surface area contributed by atoms with E-state index in [0.29, 0.717) is 6.42 Å². The zero-order valence-electron chi connectivity index (χ0n) is 10.4. The summed E-state index contributed by atoms with van der Waals surface area (Å²) in [4.78, 5) is 13.1. The monoisotopic (exact) mass is 202 g/mol. The Morgan fingerprint density at radius 2 is 1.86 bits per heavy atom. The molecule has 14 heavy (non-hydrogen) atoms. The van der Waals surface area contributed by atoms with Crippen LogP contribution < -0.4 is 5.32 Å². The first kappa shape index (κ1) is 15.9. The van der Waals surface area contributed by atoms with Crippen LogP contribution in [0.2, 0.25) is 0 Å². The molecule has 0 atom stereocenters. The van der Waals surface area contributed by atoms with Crippen LogP contribution in [0.5, 0.6) is 0 Å². The molecule has 0 aromatic carbocycles. The average Bonchev–Trinajstić information content (AvgIpc) is 2.18. The molecule has 1 amide bonds. The maximum atomic E-state index is 11.1. The first-order valence-electron chi connectivity index (χ1n) is 5.58. The van der Waals surface area contributed by atoms with Gasteiger partial charge in [-0.1, -0.05) is 27.2 Å². The maximum Gasteiger partial charge on any atom is 0.221 e. The Hall–Kier alpha value is -0.570. The molecule has 3 heteroatoms. The molecule has 0 saturated heterocycles. The van der Waals surface area contributed by atoms with Gasteiger partial charge in [-0.15, -0.1) is 0 Å². The Labute approximate surface area is 88.9 Å². The summed E-state index contributed by atoms with van der Waals surface area (Å²) in [5, 5.41) is 2.87. The van der Waals surface area contributed by atoms with Crippen molar-refractivity contribution in [3.8, 4) is 0 Å². The summed E-state index contributed by atoms with van der Waals surface area (Å²) in [7, 11) is 3.94. The highest BCUT2D eigenvalue weighted by molar-refractivity contribution is 5.75. The fourth-order valence-corrected chi connectivity index (χ4v) is 0.818. The van der Waals surface area contributed by atoms with Gasteiger partial charge >= 0.3 is 0 Å². The molecule has 0 fully saturated rings. The van der Waals surface area contributed by atoms with Crippen molar-refractivity contribution in [3.05, 3.63) is 0 Å². The van der Waals surface area contributed by atoms with E-state index in [1.807, 2.05) is 32.8 Å².